The van der Waals surface area contributed by atoms with Crippen LogP contribution in [0.2, 0.25) is 0 Å². The first-order chi connectivity index (χ1) is 18.8. The molecule has 8 nitrogen and oxygen atoms in total. The van der Waals surface area contributed by atoms with Gasteiger partial charge in [0.15, 0.2) is 0 Å². The average Bonchev–Trinajstić information content (AvgIpc) is 3.63. The minimum absolute atomic E-state index is 0.718. The summed E-state index contributed by atoms with van der Waals surface area (Å²) < 4.78 is 14.4. The summed E-state index contributed by atoms with van der Waals surface area (Å²) >= 11 is 0. The predicted molar refractivity (Wildman–Crippen MR) is 146 cm³/mol. The third kappa shape index (κ3) is 4.18. The van der Waals surface area contributed by atoms with Crippen molar-refractivity contribution < 1.29 is 9.47 Å². The number of rotatable bonds is 7. The Bertz CT molecular complexity index is 1530. The Morgan fingerprint density at radius 2 is 0.842 bits per heavy atom. The van der Waals surface area contributed by atoms with Crippen LogP contribution in [0.1, 0.15) is 0 Å². The summed E-state index contributed by atoms with van der Waals surface area (Å²) in [7, 11) is 3.29. The van der Waals surface area contributed by atoms with Crippen molar-refractivity contribution in [1.82, 2.24) is 30.0 Å². The molecule has 8 heteroatoms. The van der Waals surface area contributed by atoms with E-state index in [-0.39, 0.29) is 0 Å². The van der Waals surface area contributed by atoms with Gasteiger partial charge in [-0.25, -0.2) is 9.36 Å². The van der Waals surface area contributed by atoms with Gasteiger partial charge in [0.2, 0.25) is 0 Å². The average molecular weight is 501 g/mol. The highest BCUT2D eigenvalue weighted by molar-refractivity contribution is 5.86. The van der Waals surface area contributed by atoms with Crippen LogP contribution in [0.4, 0.5) is 0 Å². The van der Waals surface area contributed by atoms with Crippen LogP contribution in [0.15, 0.2) is 109 Å². The second kappa shape index (κ2) is 10.0. The molecule has 0 N–H and O–H groups in total. The number of hydrogen-bond acceptors (Lipinski definition) is 6. The van der Waals surface area contributed by atoms with Crippen molar-refractivity contribution in [2.75, 3.05) is 14.2 Å². The van der Waals surface area contributed by atoms with Gasteiger partial charge in [-0.05, 0) is 48.5 Å². The normalized spacial score (nSPS) is 10.9. The molecule has 4 aromatic carbocycles. The zero-order chi connectivity index (χ0) is 25.9. The lowest BCUT2D eigenvalue weighted by Gasteiger charge is -2.13. The molecule has 0 unspecified atom stereocenters. The van der Waals surface area contributed by atoms with E-state index in [1.807, 2.05) is 119 Å². The summed E-state index contributed by atoms with van der Waals surface area (Å²) in [4.78, 5) is 0. The summed E-state index contributed by atoms with van der Waals surface area (Å²) in [6.45, 7) is 0. The van der Waals surface area contributed by atoms with Gasteiger partial charge in [-0.2, -0.15) is 0 Å². The number of aromatic nitrogens is 6. The second-order valence-electron chi connectivity index (χ2n) is 8.53. The highest BCUT2D eigenvalue weighted by Gasteiger charge is 2.27. The van der Waals surface area contributed by atoms with Crippen molar-refractivity contribution >= 4 is 0 Å². The van der Waals surface area contributed by atoms with Gasteiger partial charge in [0.1, 0.15) is 34.3 Å². The van der Waals surface area contributed by atoms with Crippen LogP contribution in [0, 0.1) is 0 Å². The largest absolute Gasteiger partial charge is 0.497 e. The summed E-state index contributed by atoms with van der Waals surface area (Å²) in [5.74, 6) is 1.52. The fourth-order valence-corrected chi connectivity index (χ4v) is 4.38. The van der Waals surface area contributed by atoms with Gasteiger partial charge in [-0.3, -0.25) is 0 Å². The first-order valence-electron chi connectivity index (χ1n) is 12.1. The SMILES string of the molecule is COc1ccc(-n2nnc(-c3ccccc3)c2-c2c(-c3ccccc3)nnn2-c2ccc(OC)cc2)cc1. The van der Waals surface area contributed by atoms with Gasteiger partial charge in [0, 0.05) is 11.1 Å². The van der Waals surface area contributed by atoms with Crippen LogP contribution >= 0.6 is 0 Å². The zero-order valence-corrected chi connectivity index (χ0v) is 20.9. The van der Waals surface area contributed by atoms with Crippen LogP contribution in [-0.2, 0) is 0 Å². The molecule has 0 atom stereocenters. The summed E-state index contributed by atoms with van der Waals surface area (Å²) in [6.07, 6.45) is 0. The molecule has 2 heterocycles. The van der Waals surface area contributed by atoms with E-state index in [2.05, 4.69) is 20.6 Å². The fourth-order valence-electron chi connectivity index (χ4n) is 4.38. The summed E-state index contributed by atoms with van der Waals surface area (Å²) in [5.41, 5.74) is 6.50. The molecule has 0 spiro atoms. The van der Waals surface area contributed by atoms with Gasteiger partial charge in [-0.1, -0.05) is 71.1 Å². The lowest BCUT2D eigenvalue weighted by atomic mass is 10.0. The number of methoxy groups -OCH3 is 2. The molecule has 6 rings (SSSR count). The molecule has 0 aliphatic carbocycles. The molecule has 0 aliphatic heterocycles. The molecule has 186 valence electrons. The lowest BCUT2D eigenvalue weighted by Crippen LogP contribution is -2.06. The van der Waals surface area contributed by atoms with Crippen LogP contribution in [-0.4, -0.2) is 44.2 Å². The molecule has 0 fully saturated rings. The number of benzene rings is 4. The van der Waals surface area contributed by atoms with Crippen molar-refractivity contribution in [2.45, 2.75) is 0 Å². The third-order valence-electron chi connectivity index (χ3n) is 6.29. The molecular weight excluding hydrogens is 476 g/mol. The molecule has 2 aromatic heterocycles. The Hall–Kier alpha value is -5.24. The van der Waals surface area contributed by atoms with Gasteiger partial charge in [-0.15, -0.1) is 10.2 Å². The molecule has 0 saturated carbocycles. The van der Waals surface area contributed by atoms with Crippen molar-refractivity contribution in [3.05, 3.63) is 109 Å². The van der Waals surface area contributed by atoms with Gasteiger partial charge in [0.05, 0.1) is 25.6 Å². The second-order valence-corrected chi connectivity index (χ2v) is 8.53. The Morgan fingerprint density at radius 1 is 0.474 bits per heavy atom. The minimum Gasteiger partial charge on any atom is -0.497 e. The highest BCUT2D eigenvalue weighted by atomic mass is 16.5. The Balaban J connectivity index is 1.66. The topological polar surface area (TPSA) is 79.9 Å². The third-order valence-corrected chi connectivity index (χ3v) is 6.29. The van der Waals surface area contributed by atoms with Gasteiger partial charge in [0.25, 0.3) is 0 Å². The molecule has 0 amide bonds. The van der Waals surface area contributed by atoms with Crippen molar-refractivity contribution in [1.29, 1.82) is 0 Å². The zero-order valence-electron chi connectivity index (χ0n) is 20.9. The van der Waals surface area contributed by atoms with E-state index in [0.717, 1.165) is 56.8 Å². The van der Waals surface area contributed by atoms with Gasteiger partial charge >= 0.3 is 0 Å². The number of hydrogen-bond donors (Lipinski definition) is 0. The van der Waals surface area contributed by atoms with E-state index in [1.165, 1.54) is 0 Å². The maximum absolute atomic E-state index is 5.38. The monoisotopic (exact) mass is 500 g/mol. The molecule has 0 aliphatic rings. The summed E-state index contributed by atoms with van der Waals surface area (Å²) in [5, 5.41) is 18.5. The Labute approximate surface area is 219 Å². The lowest BCUT2D eigenvalue weighted by molar-refractivity contribution is 0.414. The van der Waals surface area contributed by atoms with E-state index < -0.39 is 0 Å². The Kier molecular flexibility index (Phi) is 6.11. The van der Waals surface area contributed by atoms with Crippen molar-refractivity contribution in [3.63, 3.8) is 0 Å². The van der Waals surface area contributed by atoms with E-state index in [1.54, 1.807) is 14.2 Å². The standard InChI is InChI=1S/C30H24N6O2/c1-37-25-17-13-23(14-18-25)35-29(27(31-33-35)21-9-5-3-6-10-21)30-28(22-11-7-4-8-12-22)32-34-36(30)24-15-19-26(38-2)20-16-24/h3-20H,1-2H3. The van der Waals surface area contributed by atoms with Gasteiger partial charge < -0.3 is 9.47 Å². The quantitative estimate of drug-likeness (QED) is 0.273. The molecule has 6 aromatic rings. The maximum atomic E-state index is 5.38. The molecule has 0 bridgehead atoms. The minimum atomic E-state index is 0.718. The highest BCUT2D eigenvalue weighted by Crippen LogP contribution is 2.38. The summed E-state index contributed by atoms with van der Waals surface area (Å²) in [6, 6.07) is 35.4. The van der Waals surface area contributed by atoms with Crippen LogP contribution < -0.4 is 9.47 Å². The van der Waals surface area contributed by atoms with E-state index in [0.29, 0.717) is 0 Å². The Morgan fingerprint density at radius 3 is 1.18 bits per heavy atom. The van der Waals surface area contributed by atoms with Crippen molar-refractivity contribution in [2.24, 2.45) is 0 Å². The molecule has 38 heavy (non-hydrogen) atoms. The maximum Gasteiger partial charge on any atom is 0.123 e. The van der Waals surface area contributed by atoms with Crippen LogP contribution in [0.25, 0.3) is 45.3 Å². The van der Waals surface area contributed by atoms with E-state index in [4.69, 9.17) is 9.47 Å². The number of nitrogens with zero attached hydrogens (tertiary/aromatic N) is 6. The molecular formula is C30H24N6O2. The number of ether oxygens (including phenoxy) is 2. The fraction of sp³-hybridized carbons (Fsp3) is 0.0667. The van der Waals surface area contributed by atoms with E-state index in [9.17, 15) is 0 Å². The molecule has 0 radical (unpaired) electrons. The van der Waals surface area contributed by atoms with Crippen LogP contribution in [0.5, 0.6) is 11.5 Å². The van der Waals surface area contributed by atoms with E-state index >= 15 is 0 Å². The first-order valence-corrected chi connectivity index (χ1v) is 12.1. The first kappa shape index (κ1) is 23.2. The predicted octanol–water partition coefficient (Wildman–Crippen LogP) is 5.87. The smallest absolute Gasteiger partial charge is 0.123 e. The van der Waals surface area contributed by atoms with Crippen LogP contribution in [0.3, 0.4) is 0 Å². The molecule has 0 saturated heterocycles. The van der Waals surface area contributed by atoms with Crippen molar-refractivity contribution in [3.8, 4) is 56.8 Å².